The summed E-state index contributed by atoms with van der Waals surface area (Å²) >= 11 is 7.56. The van der Waals surface area contributed by atoms with Gasteiger partial charge in [0.1, 0.15) is 0 Å². The molecule has 22 rings (SSSR count). The van der Waals surface area contributed by atoms with Crippen LogP contribution in [-0.4, -0.2) is 13.7 Å². The summed E-state index contributed by atoms with van der Waals surface area (Å²) in [5.41, 5.74) is 19.4. The fourth-order valence-electron chi connectivity index (χ4n) is 15.0. The first-order valence-corrected chi connectivity index (χ1v) is 34.8. The highest BCUT2D eigenvalue weighted by atomic mass is 32.2. The molecule has 0 aliphatic carbocycles. The minimum absolute atomic E-state index is 1.27. The Morgan fingerprint density at radius 3 is 1.18 bits per heavy atom. The normalized spacial score (nSPS) is 12.6. The highest BCUT2D eigenvalue weighted by Crippen LogP contribution is 2.53. The van der Waals surface area contributed by atoms with Gasteiger partial charge in [0.25, 0.3) is 0 Å². The predicted octanol–water partition coefficient (Wildman–Crippen LogP) is 25.4. The van der Waals surface area contributed by atoms with Gasteiger partial charge in [-0.25, -0.2) is 0 Å². The molecule has 19 aromatic rings. The zero-order chi connectivity index (χ0) is 60.8. The molecule has 0 radical (unpaired) electrons. The molecule has 7 heteroatoms. The quantitative estimate of drug-likeness (QED) is 0.175. The average molecular weight is 1250 g/mol. The van der Waals surface area contributed by atoms with Gasteiger partial charge in [-0.3, -0.25) is 0 Å². The van der Waals surface area contributed by atoms with Crippen LogP contribution in [0.3, 0.4) is 0 Å². The number of thiophene rings is 1. The van der Waals surface area contributed by atoms with Crippen molar-refractivity contribution in [3.05, 3.63) is 309 Å². The van der Waals surface area contributed by atoms with Gasteiger partial charge in [-0.05, 0) is 158 Å². The molecule has 4 aromatic heterocycles. The van der Waals surface area contributed by atoms with E-state index in [4.69, 9.17) is 0 Å². The first-order chi connectivity index (χ1) is 46.1. The van der Waals surface area contributed by atoms with Gasteiger partial charge in [0, 0.05) is 81.9 Å². The minimum atomic E-state index is 1.27. The van der Waals surface area contributed by atoms with Crippen LogP contribution in [0.5, 0.6) is 0 Å². The number of aromatic nitrogens is 3. The van der Waals surface area contributed by atoms with E-state index in [-0.39, 0.29) is 0 Å². The molecule has 15 aromatic carbocycles. The Kier molecular flexibility index (Phi) is 12.0. The van der Waals surface area contributed by atoms with E-state index in [2.05, 4.69) is 323 Å². The molecule has 0 unspecified atom stereocenters. The number of benzene rings is 15. The molecule has 3 aliphatic rings. The lowest BCUT2D eigenvalue weighted by molar-refractivity contribution is 1.09. The van der Waals surface area contributed by atoms with Crippen LogP contribution in [0.1, 0.15) is 0 Å². The number of hydrogen-bond acceptors (Lipinski definition) is 4. The van der Waals surface area contributed by atoms with Crippen LogP contribution in [0.25, 0.3) is 158 Å². The van der Waals surface area contributed by atoms with Crippen molar-refractivity contribution in [3.8, 4) is 50.4 Å². The van der Waals surface area contributed by atoms with E-state index in [1.165, 1.54) is 187 Å². The predicted molar refractivity (Wildman–Crippen MR) is 399 cm³/mol. The lowest BCUT2D eigenvalue weighted by Crippen LogP contribution is -2.01. The molecule has 3 aliphatic heterocycles. The number of nitrogens with zero attached hydrogens (tertiary/aromatic N) is 3. The van der Waals surface area contributed by atoms with Gasteiger partial charge in [-0.15, -0.1) is 11.3 Å². The summed E-state index contributed by atoms with van der Waals surface area (Å²) in [5, 5.41) is 15.8. The van der Waals surface area contributed by atoms with E-state index < -0.39 is 0 Å². The number of para-hydroxylation sites is 6. The number of hydrogen-bond donors (Lipinski definition) is 0. The lowest BCUT2D eigenvalue weighted by atomic mass is 9.97. The van der Waals surface area contributed by atoms with Gasteiger partial charge in [0.05, 0.1) is 50.2 Å². The van der Waals surface area contributed by atoms with Crippen molar-refractivity contribution >= 4 is 154 Å². The van der Waals surface area contributed by atoms with Crippen molar-refractivity contribution in [2.45, 2.75) is 29.4 Å². The lowest BCUT2D eigenvalue weighted by Gasteiger charge is -2.20. The summed E-state index contributed by atoms with van der Waals surface area (Å²) in [6.07, 6.45) is 0. The van der Waals surface area contributed by atoms with E-state index in [9.17, 15) is 0 Å². The second-order valence-electron chi connectivity index (χ2n) is 24.2. The Morgan fingerprint density at radius 1 is 0.215 bits per heavy atom. The first kappa shape index (κ1) is 53.2. The van der Waals surface area contributed by atoms with E-state index >= 15 is 0 Å². The fourth-order valence-corrected chi connectivity index (χ4v) is 19.6. The molecular formula is C86H51N3S4. The smallest absolute Gasteiger partial charge is 0.0681 e. The second-order valence-corrected chi connectivity index (χ2v) is 28.6. The van der Waals surface area contributed by atoms with Gasteiger partial charge in [0.2, 0.25) is 0 Å². The third-order valence-corrected chi connectivity index (χ3v) is 23.6. The molecular weight excluding hydrogens is 1200 g/mol. The van der Waals surface area contributed by atoms with E-state index in [1.54, 1.807) is 0 Å². The Hall–Kier alpha value is -10.5. The standard InChI is InChI=1S/C30H17NS2.2C28H17NS/c1-3-12-24-20(8-1)23-16-18(17-28-29(23)31(24)25-13-4-6-15-27(25)32-28)19-10-7-11-22-21-9-2-5-14-26(21)33-30(19)22;1-2-10-20-18(8-1)9-7-12-21(20)19-16-23-22-11-3-4-13-24(22)29-25-14-5-6-15-26(25)30-27(17-19)28(23)29;1-2-8-19-15-20(14-13-18(19)7-1)21-16-23-22-9-3-4-10-24(22)29-25-11-5-6-12-26(25)30-27(17-21)28(23)29/h1-17H;2*1-17H. The molecule has 0 amide bonds. The largest absolute Gasteiger partial charge is 0.307 e. The van der Waals surface area contributed by atoms with Crippen molar-refractivity contribution in [1.29, 1.82) is 0 Å². The van der Waals surface area contributed by atoms with Crippen molar-refractivity contribution in [2.75, 3.05) is 0 Å². The van der Waals surface area contributed by atoms with Crippen LogP contribution in [-0.2, 0) is 0 Å². The number of fused-ring (bicyclic) bond motifs is 20. The maximum atomic E-state index is 2.45. The first-order valence-electron chi connectivity index (χ1n) is 31.5. The van der Waals surface area contributed by atoms with Gasteiger partial charge in [-0.1, -0.05) is 242 Å². The second kappa shape index (κ2) is 21.0. The number of rotatable bonds is 3. The van der Waals surface area contributed by atoms with Crippen molar-refractivity contribution in [2.24, 2.45) is 0 Å². The van der Waals surface area contributed by atoms with Crippen LogP contribution in [0.4, 0.5) is 0 Å². The Bertz CT molecular complexity index is 6360. The maximum absolute atomic E-state index is 2.45. The van der Waals surface area contributed by atoms with Crippen LogP contribution >= 0.6 is 46.6 Å². The molecule has 0 atom stereocenters. The van der Waals surface area contributed by atoms with Crippen molar-refractivity contribution in [3.63, 3.8) is 0 Å². The molecule has 0 spiro atoms. The van der Waals surface area contributed by atoms with Gasteiger partial charge in [0.15, 0.2) is 0 Å². The molecule has 0 fully saturated rings. The zero-order valence-corrected chi connectivity index (χ0v) is 53.2. The SMILES string of the molecule is c1ccc2c(c1)Sc1cc(-c3ccc4ccccc4c3)cc3c4ccccc4n-2c13.c1ccc2c(c1)Sc1cc(-c3cccc4c3sc3ccccc34)cc3c4ccccc4n-2c13.c1ccc2c(c1)Sc1cc(-c3cccc4ccccc34)cc3c4ccccc4n-2c13. The highest BCUT2D eigenvalue weighted by molar-refractivity contribution is 8.00. The van der Waals surface area contributed by atoms with Gasteiger partial charge < -0.3 is 13.7 Å². The molecule has 93 heavy (non-hydrogen) atoms. The molecule has 0 N–H and O–H groups in total. The molecule has 7 heterocycles. The van der Waals surface area contributed by atoms with E-state index in [0.717, 1.165) is 0 Å². The molecule has 3 nitrogen and oxygen atoms in total. The Labute approximate surface area is 552 Å². The van der Waals surface area contributed by atoms with Crippen molar-refractivity contribution < 1.29 is 0 Å². The molecule has 0 saturated heterocycles. The summed E-state index contributed by atoms with van der Waals surface area (Å²) in [5.74, 6) is 0. The third-order valence-electron chi connectivity index (χ3n) is 19.1. The Morgan fingerprint density at radius 2 is 0.613 bits per heavy atom. The van der Waals surface area contributed by atoms with Gasteiger partial charge >= 0.3 is 0 Å². The molecule has 0 bridgehead atoms. The minimum Gasteiger partial charge on any atom is -0.307 e. The van der Waals surface area contributed by atoms with Crippen LogP contribution in [0.2, 0.25) is 0 Å². The highest BCUT2D eigenvalue weighted by Gasteiger charge is 2.28. The summed E-state index contributed by atoms with van der Waals surface area (Å²) in [7, 11) is 0. The molecule has 434 valence electrons. The summed E-state index contributed by atoms with van der Waals surface area (Å²) in [6.45, 7) is 0. The average Bonchev–Trinajstić information content (AvgIpc) is 1.59. The van der Waals surface area contributed by atoms with Crippen LogP contribution in [0.15, 0.2) is 339 Å². The maximum Gasteiger partial charge on any atom is 0.0681 e. The van der Waals surface area contributed by atoms with E-state index in [0.29, 0.717) is 0 Å². The fraction of sp³-hybridized carbons (Fsp3) is 0. The topological polar surface area (TPSA) is 14.8 Å². The zero-order valence-electron chi connectivity index (χ0n) is 49.9. The van der Waals surface area contributed by atoms with Crippen LogP contribution < -0.4 is 0 Å². The summed E-state index contributed by atoms with van der Waals surface area (Å²) in [4.78, 5) is 7.90. The monoisotopic (exact) mass is 1250 g/mol. The third kappa shape index (κ3) is 8.27. The Balaban J connectivity index is 0.0000000965. The van der Waals surface area contributed by atoms with Crippen molar-refractivity contribution in [1.82, 2.24) is 13.7 Å². The van der Waals surface area contributed by atoms with E-state index in [1.807, 2.05) is 46.6 Å². The summed E-state index contributed by atoms with van der Waals surface area (Å²) < 4.78 is 10.1. The van der Waals surface area contributed by atoms with Gasteiger partial charge in [-0.2, -0.15) is 0 Å². The van der Waals surface area contributed by atoms with Crippen LogP contribution in [0, 0.1) is 0 Å². The molecule has 0 saturated carbocycles. The summed E-state index contributed by atoms with van der Waals surface area (Å²) in [6, 6.07) is 113.